The number of primary amides is 1. The summed E-state index contributed by atoms with van der Waals surface area (Å²) < 4.78 is 5.53. The van der Waals surface area contributed by atoms with Crippen LogP contribution in [0.4, 0.5) is 4.79 Å². The predicted molar refractivity (Wildman–Crippen MR) is 50.2 cm³/mol. The fraction of sp³-hybridized carbons (Fsp3) is 0.889. The van der Waals surface area contributed by atoms with Gasteiger partial charge in [0.25, 0.3) is 0 Å². The maximum absolute atomic E-state index is 11.0. The third kappa shape index (κ3) is 2.88. The van der Waals surface area contributed by atoms with Crippen LogP contribution in [0.15, 0.2) is 0 Å². The second-order valence-corrected chi connectivity index (χ2v) is 3.35. The number of amides is 2. The molecule has 76 valence electrons. The Morgan fingerprint density at radius 3 is 3.00 bits per heavy atom. The zero-order valence-electron chi connectivity index (χ0n) is 8.16. The minimum absolute atomic E-state index is 0.0776. The van der Waals surface area contributed by atoms with E-state index in [1.807, 2.05) is 0 Å². The van der Waals surface area contributed by atoms with Crippen molar-refractivity contribution in [3.05, 3.63) is 0 Å². The van der Waals surface area contributed by atoms with Crippen molar-refractivity contribution < 1.29 is 9.53 Å². The largest absolute Gasteiger partial charge is 0.358 e. The van der Waals surface area contributed by atoms with Crippen LogP contribution in [0.1, 0.15) is 32.6 Å². The summed E-state index contributed by atoms with van der Waals surface area (Å²) in [6.45, 7) is 3.50. The second-order valence-electron chi connectivity index (χ2n) is 3.35. The summed E-state index contributed by atoms with van der Waals surface area (Å²) in [7, 11) is 0. The zero-order chi connectivity index (χ0) is 9.68. The summed E-state index contributed by atoms with van der Waals surface area (Å²) >= 11 is 0. The minimum Gasteiger partial charge on any atom is -0.358 e. The highest BCUT2D eigenvalue weighted by molar-refractivity contribution is 5.72. The number of ether oxygens (including phenoxy) is 1. The Bertz CT molecular complexity index is 173. The topological polar surface area (TPSA) is 55.6 Å². The molecule has 0 spiro atoms. The standard InChI is InChI=1S/C9H18N2O2/c1-2-7-13-8-5-3-4-6-11(8)9(10)12/h8H,2-7H2,1H3,(H2,10,12). The van der Waals surface area contributed by atoms with Gasteiger partial charge in [0.05, 0.1) is 0 Å². The van der Waals surface area contributed by atoms with Crippen LogP contribution in [0.2, 0.25) is 0 Å². The second kappa shape index (κ2) is 5.07. The normalized spacial score (nSPS) is 23.2. The van der Waals surface area contributed by atoms with E-state index < -0.39 is 0 Å². The van der Waals surface area contributed by atoms with E-state index in [0.717, 1.165) is 32.2 Å². The molecule has 1 atom stereocenters. The lowest BCUT2D eigenvalue weighted by Crippen LogP contribution is -2.47. The molecule has 1 aliphatic rings. The Kier molecular flexibility index (Phi) is 4.02. The smallest absolute Gasteiger partial charge is 0.316 e. The van der Waals surface area contributed by atoms with Crippen LogP contribution in [0.5, 0.6) is 0 Å². The van der Waals surface area contributed by atoms with Crippen molar-refractivity contribution in [2.45, 2.75) is 38.8 Å². The molecule has 1 saturated heterocycles. The van der Waals surface area contributed by atoms with Crippen LogP contribution in [0, 0.1) is 0 Å². The molecule has 0 bridgehead atoms. The molecule has 0 radical (unpaired) electrons. The molecule has 1 unspecified atom stereocenters. The predicted octanol–water partition coefficient (Wildman–Crippen LogP) is 1.30. The molecule has 0 aliphatic carbocycles. The van der Waals surface area contributed by atoms with E-state index in [2.05, 4.69) is 6.92 Å². The maximum Gasteiger partial charge on any atom is 0.316 e. The summed E-state index contributed by atoms with van der Waals surface area (Å²) in [5, 5.41) is 0. The number of carbonyl (C=O) groups is 1. The average Bonchev–Trinajstić information content (AvgIpc) is 2.15. The van der Waals surface area contributed by atoms with E-state index in [-0.39, 0.29) is 12.3 Å². The molecule has 4 heteroatoms. The van der Waals surface area contributed by atoms with E-state index in [9.17, 15) is 4.79 Å². The van der Waals surface area contributed by atoms with Gasteiger partial charge in [-0.2, -0.15) is 0 Å². The molecule has 1 fully saturated rings. The molecule has 2 N–H and O–H groups in total. The molecular formula is C9H18N2O2. The first kappa shape index (κ1) is 10.3. The van der Waals surface area contributed by atoms with Gasteiger partial charge in [0, 0.05) is 13.2 Å². The Morgan fingerprint density at radius 2 is 2.38 bits per heavy atom. The Morgan fingerprint density at radius 1 is 1.62 bits per heavy atom. The van der Waals surface area contributed by atoms with Crippen LogP contribution < -0.4 is 5.73 Å². The number of hydrogen-bond acceptors (Lipinski definition) is 2. The van der Waals surface area contributed by atoms with E-state index >= 15 is 0 Å². The van der Waals surface area contributed by atoms with Crippen molar-refractivity contribution in [1.82, 2.24) is 4.90 Å². The Balaban J connectivity index is 2.41. The highest BCUT2D eigenvalue weighted by Crippen LogP contribution is 2.17. The lowest BCUT2D eigenvalue weighted by molar-refractivity contribution is -0.0551. The highest BCUT2D eigenvalue weighted by Gasteiger charge is 2.24. The number of urea groups is 1. The SMILES string of the molecule is CCCOC1CCCCN1C(N)=O. The van der Waals surface area contributed by atoms with Crippen LogP contribution in [0.3, 0.4) is 0 Å². The number of nitrogens with zero attached hydrogens (tertiary/aromatic N) is 1. The number of carbonyl (C=O) groups excluding carboxylic acids is 1. The van der Waals surface area contributed by atoms with Crippen LogP contribution in [0.25, 0.3) is 0 Å². The van der Waals surface area contributed by atoms with Crippen molar-refractivity contribution in [1.29, 1.82) is 0 Å². The van der Waals surface area contributed by atoms with Crippen molar-refractivity contribution >= 4 is 6.03 Å². The highest BCUT2D eigenvalue weighted by atomic mass is 16.5. The van der Waals surface area contributed by atoms with Gasteiger partial charge in [-0.05, 0) is 25.7 Å². The van der Waals surface area contributed by atoms with Gasteiger partial charge in [0.2, 0.25) is 0 Å². The van der Waals surface area contributed by atoms with Gasteiger partial charge in [-0.1, -0.05) is 6.92 Å². The van der Waals surface area contributed by atoms with Crippen molar-refractivity contribution in [3.8, 4) is 0 Å². The molecule has 13 heavy (non-hydrogen) atoms. The molecule has 1 heterocycles. The van der Waals surface area contributed by atoms with Crippen molar-refractivity contribution in [3.63, 3.8) is 0 Å². The van der Waals surface area contributed by atoms with Crippen molar-refractivity contribution in [2.75, 3.05) is 13.2 Å². The number of nitrogens with two attached hydrogens (primary N) is 1. The quantitative estimate of drug-likeness (QED) is 0.722. The van der Waals surface area contributed by atoms with Gasteiger partial charge in [-0.15, -0.1) is 0 Å². The molecule has 4 nitrogen and oxygen atoms in total. The summed E-state index contributed by atoms with van der Waals surface area (Å²) in [4.78, 5) is 12.6. The lowest BCUT2D eigenvalue weighted by atomic mass is 10.1. The fourth-order valence-electron chi connectivity index (χ4n) is 1.58. The molecule has 2 amide bonds. The van der Waals surface area contributed by atoms with Gasteiger partial charge < -0.3 is 10.5 Å². The molecule has 0 aromatic carbocycles. The first-order chi connectivity index (χ1) is 6.25. The maximum atomic E-state index is 11.0. The fourth-order valence-corrected chi connectivity index (χ4v) is 1.58. The summed E-state index contributed by atoms with van der Waals surface area (Å²) in [6, 6.07) is -0.360. The van der Waals surface area contributed by atoms with E-state index in [1.165, 1.54) is 0 Å². The van der Waals surface area contributed by atoms with Gasteiger partial charge >= 0.3 is 6.03 Å². The van der Waals surface area contributed by atoms with Gasteiger partial charge in [0.1, 0.15) is 6.23 Å². The van der Waals surface area contributed by atoms with E-state index in [1.54, 1.807) is 4.90 Å². The van der Waals surface area contributed by atoms with Crippen LogP contribution >= 0.6 is 0 Å². The van der Waals surface area contributed by atoms with Crippen molar-refractivity contribution in [2.24, 2.45) is 5.73 Å². The molecular weight excluding hydrogens is 168 g/mol. The molecule has 1 aliphatic heterocycles. The van der Waals surface area contributed by atoms with E-state index in [0.29, 0.717) is 6.61 Å². The van der Waals surface area contributed by atoms with Gasteiger partial charge in [-0.3, -0.25) is 4.90 Å². The summed E-state index contributed by atoms with van der Waals surface area (Å²) in [6.07, 6.45) is 3.98. The number of piperidine rings is 1. The lowest BCUT2D eigenvalue weighted by Gasteiger charge is -2.33. The molecule has 0 aromatic rings. The van der Waals surface area contributed by atoms with Crippen LogP contribution in [-0.2, 0) is 4.74 Å². The van der Waals surface area contributed by atoms with Gasteiger partial charge in [0.15, 0.2) is 0 Å². The van der Waals surface area contributed by atoms with Gasteiger partial charge in [-0.25, -0.2) is 4.79 Å². The molecule has 1 rings (SSSR count). The van der Waals surface area contributed by atoms with Crippen LogP contribution in [-0.4, -0.2) is 30.3 Å². The number of rotatable bonds is 3. The van der Waals surface area contributed by atoms with E-state index in [4.69, 9.17) is 10.5 Å². The zero-order valence-corrected chi connectivity index (χ0v) is 8.16. The molecule has 0 saturated carbocycles. The number of likely N-dealkylation sites (tertiary alicyclic amines) is 1. The first-order valence-corrected chi connectivity index (χ1v) is 4.93. The third-order valence-electron chi connectivity index (χ3n) is 2.25. The minimum atomic E-state index is -0.360. The average molecular weight is 186 g/mol. The summed E-state index contributed by atoms with van der Waals surface area (Å²) in [5.41, 5.74) is 5.24. The third-order valence-corrected chi connectivity index (χ3v) is 2.25. The summed E-state index contributed by atoms with van der Waals surface area (Å²) in [5.74, 6) is 0. The molecule has 0 aromatic heterocycles. The number of hydrogen-bond donors (Lipinski definition) is 1. The first-order valence-electron chi connectivity index (χ1n) is 4.93. The Hall–Kier alpha value is -0.770. The Labute approximate surface area is 79.0 Å². The monoisotopic (exact) mass is 186 g/mol.